The van der Waals surface area contributed by atoms with Crippen LogP contribution in [-0.2, 0) is 11.2 Å². The molecular weight excluding hydrogens is 204 g/mol. The van der Waals surface area contributed by atoms with E-state index < -0.39 is 0 Å². The molecule has 1 aromatic heterocycles. The van der Waals surface area contributed by atoms with Crippen LogP contribution < -0.4 is 5.32 Å². The number of nitrogens with zero attached hydrogens (tertiary/aromatic N) is 1. The van der Waals surface area contributed by atoms with Gasteiger partial charge >= 0.3 is 0 Å². The van der Waals surface area contributed by atoms with Gasteiger partial charge in [-0.3, -0.25) is 4.79 Å². The molecular formula is C12H20N2O2. The van der Waals surface area contributed by atoms with E-state index in [2.05, 4.69) is 24.3 Å². The van der Waals surface area contributed by atoms with Crippen LogP contribution in [0, 0.1) is 19.8 Å². The second-order valence-electron chi connectivity index (χ2n) is 4.58. The molecule has 1 amide bonds. The lowest BCUT2D eigenvalue weighted by atomic mass is 10.1. The van der Waals surface area contributed by atoms with Crippen LogP contribution in [0.2, 0.25) is 0 Å². The van der Waals surface area contributed by atoms with Crippen LogP contribution in [0.1, 0.15) is 37.8 Å². The molecule has 0 bridgehead atoms. The molecule has 0 saturated carbocycles. The van der Waals surface area contributed by atoms with Crippen molar-refractivity contribution in [3.8, 4) is 0 Å². The maximum Gasteiger partial charge on any atom is 0.224 e. The Bertz CT molecular complexity index is 350. The van der Waals surface area contributed by atoms with E-state index in [1.54, 1.807) is 0 Å². The number of rotatable bonds is 4. The van der Waals surface area contributed by atoms with Gasteiger partial charge < -0.3 is 9.84 Å². The highest BCUT2D eigenvalue weighted by molar-refractivity contribution is 5.79. The highest BCUT2D eigenvalue weighted by Gasteiger charge is 2.15. The summed E-state index contributed by atoms with van der Waals surface area (Å²) in [4.78, 5) is 11.7. The predicted molar refractivity (Wildman–Crippen MR) is 62.1 cm³/mol. The van der Waals surface area contributed by atoms with Gasteiger partial charge in [0.1, 0.15) is 5.76 Å². The third-order valence-electron chi connectivity index (χ3n) is 2.91. The molecule has 0 radical (unpaired) electrons. The van der Waals surface area contributed by atoms with Crippen molar-refractivity contribution in [3.63, 3.8) is 0 Å². The van der Waals surface area contributed by atoms with Crippen LogP contribution in [0.5, 0.6) is 0 Å². The van der Waals surface area contributed by atoms with Crippen molar-refractivity contribution in [2.24, 2.45) is 5.92 Å². The molecule has 0 aliphatic rings. The summed E-state index contributed by atoms with van der Waals surface area (Å²) < 4.78 is 5.02. The Morgan fingerprint density at radius 1 is 1.38 bits per heavy atom. The zero-order valence-corrected chi connectivity index (χ0v) is 10.6. The van der Waals surface area contributed by atoms with Crippen molar-refractivity contribution >= 4 is 5.91 Å². The molecule has 0 spiro atoms. The molecule has 1 heterocycles. The Morgan fingerprint density at radius 3 is 2.44 bits per heavy atom. The van der Waals surface area contributed by atoms with E-state index in [0.717, 1.165) is 17.0 Å². The normalized spacial score (nSPS) is 12.9. The quantitative estimate of drug-likeness (QED) is 0.851. The van der Waals surface area contributed by atoms with Crippen LogP contribution in [-0.4, -0.2) is 17.1 Å². The standard InChI is InChI=1S/C12H20N2O2/c1-7(2)8(3)13-12(15)6-11-9(4)14-16-10(11)5/h7-8H,6H2,1-5H3,(H,13,15). The van der Waals surface area contributed by atoms with Crippen LogP contribution in [0.15, 0.2) is 4.52 Å². The van der Waals surface area contributed by atoms with Crippen molar-refractivity contribution in [1.29, 1.82) is 0 Å². The summed E-state index contributed by atoms with van der Waals surface area (Å²) in [6.45, 7) is 9.86. The van der Waals surface area contributed by atoms with E-state index in [0.29, 0.717) is 12.3 Å². The van der Waals surface area contributed by atoms with Gasteiger partial charge in [0.05, 0.1) is 12.1 Å². The Kier molecular flexibility index (Phi) is 4.10. The highest BCUT2D eigenvalue weighted by Crippen LogP contribution is 2.13. The molecule has 4 heteroatoms. The molecule has 16 heavy (non-hydrogen) atoms. The van der Waals surface area contributed by atoms with Gasteiger partial charge in [-0.1, -0.05) is 19.0 Å². The number of hydrogen-bond donors (Lipinski definition) is 1. The molecule has 4 nitrogen and oxygen atoms in total. The molecule has 0 aromatic carbocycles. The van der Waals surface area contributed by atoms with Crippen molar-refractivity contribution in [2.75, 3.05) is 0 Å². The largest absolute Gasteiger partial charge is 0.361 e. The second-order valence-corrected chi connectivity index (χ2v) is 4.58. The summed E-state index contributed by atoms with van der Waals surface area (Å²) in [5.41, 5.74) is 1.69. The molecule has 0 saturated heterocycles. The van der Waals surface area contributed by atoms with Gasteiger partial charge in [-0.15, -0.1) is 0 Å². The molecule has 1 N–H and O–H groups in total. The molecule has 0 aliphatic carbocycles. The summed E-state index contributed by atoms with van der Waals surface area (Å²) in [6.07, 6.45) is 0.345. The van der Waals surface area contributed by atoms with E-state index in [1.807, 2.05) is 20.8 Å². The first-order valence-electron chi connectivity index (χ1n) is 5.63. The average molecular weight is 224 g/mol. The van der Waals surface area contributed by atoms with Crippen molar-refractivity contribution in [3.05, 3.63) is 17.0 Å². The Balaban J connectivity index is 2.59. The minimum atomic E-state index is 0.0237. The van der Waals surface area contributed by atoms with Crippen LogP contribution in [0.25, 0.3) is 0 Å². The summed E-state index contributed by atoms with van der Waals surface area (Å²) in [5, 5.41) is 6.79. The summed E-state index contributed by atoms with van der Waals surface area (Å²) in [7, 11) is 0. The first-order chi connectivity index (χ1) is 7.41. The van der Waals surface area contributed by atoms with Gasteiger partial charge in [0.25, 0.3) is 0 Å². The predicted octanol–water partition coefficient (Wildman–Crippen LogP) is 1.99. The van der Waals surface area contributed by atoms with Crippen LogP contribution in [0.3, 0.4) is 0 Å². The zero-order valence-electron chi connectivity index (χ0n) is 10.6. The van der Waals surface area contributed by atoms with Gasteiger partial charge in [-0.25, -0.2) is 0 Å². The Labute approximate surface area is 96.4 Å². The summed E-state index contributed by atoms with van der Waals surface area (Å²) >= 11 is 0. The van der Waals surface area contributed by atoms with Crippen molar-refractivity contribution in [2.45, 2.75) is 47.1 Å². The van der Waals surface area contributed by atoms with Crippen LogP contribution in [0.4, 0.5) is 0 Å². The zero-order chi connectivity index (χ0) is 12.3. The van der Waals surface area contributed by atoms with E-state index in [4.69, 9.17) is 4.52 Å². The topological polar surface area (TPSA) is 55.1 Å². The van der Waals surface area contributed by atoms with E-state index in [1.165, 1.54) is 0 Å². The van der Waals surface area contributed by atoms with Crippen molar-refractivity contribution in [1.82, 2.24) is 10.5 Å². The first-order valence-corrected chi connectivity index (χ1v) is 5.63. The minimum absolute atomic E-state index is 0.0237. The third-order valence-corrected chi connectivity index (χ3v) is 2.91. The first kappa shape index (κ1) is 12.7. The fourth-order valence-corrected chi connectivity index (χ4v) is 1.39. The lowest BCUT2D eigenvalue weighted by Gasteiger charge is -2.17. The lowest BCUT2D eigenvalue weighted by molar-refractivity contribution is -0.121. The Hall–Kier alpha value is -1.32. The molecule has 1 rings (SSSR count). The highest BCUT2D eigenvalue weighted by atomic mass is 16.5. The van der Waals surface area contributed by atoms with E-state index in [-0.39, 0.29) is 11.9 Å². The van der Waals surface area contributed by atoms with E-state index >= 15 is 0 Å². The molecule has 1 aromatic rings. The maximum atomic E-state index is 11.7. The molecule has 1 atom stereocenters. The maximum absolute atomic E-state index is 11.7. The number of amides is 1. The molecule has 1 unspecified atom stereocenters. The van der Waals surface area contributed by atoms with Crippen molar-refractivity contribution < 1.29 is 9.32 Å². The molecule has 0 aliphatic heterocycles. The SMILES string of the molecule is Cc1noc(C)c1CC(=O)NC(C)C(C)C. The van der Waals surface area contributed by atoms with E-state index in [9.17, 15) is 4.79 Å². The fraction of sp³-hybridized carbons (Fsp3) is 0.667. The van der Waals surface area contributed by atoms with Gasteiger partial charge in [0, 0.05) is 11.6 Å². The summed E-state index contributed by atoms with van der Waals surface area (Å²) in [5.74, 6) is 1.19. The van der Waals surface area contributed by atoms with Crippen LogP contribution >= 0.6 is 0 Å². The van der Waals surface area contributed by atoms with Gasteiger partial charge in [0.2, 0.25) is 5.91 Å². The molecule has 0 fully saturated rings. The average Bonchev–Trinajstić information content (AvgIpc) is 2.49. The smallest absolute Gasteiger partial charge is 0.224 e. The monoisotopic (exact) mass is 224 g/mol. The third kappa shape index (κ3) is 3.08. The second kappa shape index (κ2) is 5.14. The van der Waals surface area contributed by atoms with Gasteiger partial charge in [-0.2, -0.15) is 0 Å². The minimum Gasteiger partial charge on any atom is -0.361 e. The summed E-state index contributed by atoms with van der Waals surface area (Å²) in [6, 6.07) is 0.188. The van der Waals surface area contributed by atoms with Gasteiger partial charge in [-0.05, 0) is 26.7 Å². The number of carbonyl (C=O) groups is 1. The van der Waals surface area contributed by atoms with Gasteiger partial charge in [0.15, 0.2) is 0 Å². The Morgan fingerprint density at radius 2 is 2.00 bits per heavy atom. The number of hydrogen-bond acceptors (Lipinski definition) is 3. The number of aromatic nitrogens is 1. The lowest BCUT2D eigenvalue weighted by Crippen LogP contribution is -2.37. The fourth-order valence-electron chi connectivity index (χ4n) is 1.39. The number of aryl methyl sites for hydroxylation is 2. The molecule has 90 valence electrons. The number of carbonyl (C=O) groups excluding carboxylic acids is 1. The number of nitrogens with one attached hydrogen (secondary N) is 1.